The fourth-order valence-corrected chi connectivity index (χ4v) is 8.30. The summed E-state index contributed by atoms with van der Waals surface area (Å²) in [5.41, 5.74) is 11.7. The third-order valence-electron chi connectivity index (χ3n) is 10.8. The van der Waals surface area contributed by atoms with Gasteiger partial charge in [0.05, 0.1) is 0 Å². The molecule has 3 N–H and O–H groups in total. The van der Waals surface area contributed by atoms with Crippen molar-refractivity contribution in [1.82, 2.24) is 10.6 Å². The number of furan rings is 2. The van der Waals surface area contributed by atoms with Crippen molar-refractivity contribution in [1.29, 1.82) is 0 Å². The minimum atomic E-state index is -0.243. The van der Waals surface area contributed by atoms with Gasteiger partial charge in [0.25, 0.3) is 0 Å². The summed E-state index contributed by atoms with van der Waals surface area (Å²) in [5, 5.41) is 16.7. The van der Waals surface area contributed by atoms with E-state index >= 15 is 0 Å². The van der Waals surface area contributed by atoms with E-state index in [1.807, 2.05) is 30.3 Å². The first-order chi connectivity index (χ1) is 26.8. The monoisotopic (exact) mass is 698 g/mol. The molecular formula is C48H34N4O2. The molecule has 258 valence electrons. The second kappa shape index (κ2) is 12.4. The van der Waals surface area contributed by atoms with Crippen molar-refractivity contribution in [3.63, 3.8) is 0 Å². The van der Waals surface area contributed by atoms with Gasteiger partial charge in [-0.25, -0.2) is 4.99 Å². The maximum atomic E-state index is 6.25. The van der Waals surface area contributed by atoms with Crippen LogP contribution in [0.5, 0.6) is 0 Å². The number of hydrogen-bond acceptors (Lipinski definition) is 6. The molecule has 0 spiro atoms. The van der Waals surface area contributed by atoms with Gasteiger partial charge in [0.1, 0.15) is 34.9 Å². The summed E-state index contributed by atoms with van der Waals surface area (Å²) in [7, 11) is 0. The maximum Gasteiger partial charge on any atom is 0.201 e. The molecule has 0 radical (unpaired) electrons. The summed E-state index contributed by atoms with van der Waals surface area (Å²) in [4.78, 5) is 5.24. The van der Waals surface area contributed by atoms with E-state index in [0.29, 0.717) is 0 Å². The molecule has 0 fully saturated rings. The number of aliphatic imine (C=N–C) groups is 1. The third-order valence-corrected chi connectivity index (χ3v) is 10.8. The predicted molar refractivity (Wildman–Crippen MR) is 221 cm³/mol. The van der Waals surface area contributed by atoms with Gasteiger partial charge in [-0.3, -0.25) is 5.32 Å². The molecule has 2 aliphatic heterocycles. The van der Waals surface area contributed by atoms with E-state index in [2.05, 4.69) is 149 Å². The smallest absolute Gasteiger partial charge is 0.201 e. The van der Waals surface area contributed by atoms with E-state index in [9.17, 15) is 0 Å². The van der Waals surface area contributed by atoms with Crippen LogP contribution in [-0.4, -0.2) is 12.4 Å². The van der Waals surface area contributed by atoms with E-state index in [0.717, 1.165) is 79.0 Å². The first-order valence-electron chi connectivity index (χ1n) is 18.4. The summed E-state index contributed by atoms with van der Waals surface area (Å²) in [5.74, 6) is 1.63. The average molecular weight is 699 g/mol. The summed E-state index contributed by atoms with van der Waals surface area (Å²) in [6, 6.07) is 53.4. The number of amidine groups is 1. The second-order valence-corrected chi connectivity index (χ2v) is 13.9. The van der Waals surface area contributed by atoms with Crippen LogP contribution in [-0.2, 0) is 0 Å². The van der Waals surface area contributed by atoms with Crippen LogP contribution < -0.4 is 16.0 Å². The molecule has 0 saturated heterocycles. The Labute approximate surface area is 311 Å². The lowest BCUT2D eigenvalue weighted by molar-refractivity contribution is 0.409. The molecule has 2 unspecified atom stereocenters. The zero-order valence-corrected chi connectivity index (χ0v) is 29.2. The molecule has 6 heteroatoms. The van der Waals surface area contributed by atoms with Crippen LogP contribution in [0.2, 0.25) is 0 Å². The van der Waals surface area contributed by atoms with Crippen LogP contribution in [0, 0.1) is 0 Å². The van der Waals surface area contributed by atoms with E-state index in [4.69, 9.17) is 13.8 Å². The van der Waals surface area contributed by atoms with E-state index < -0.39 is 0 Å². The lowest BCUT2D eigenvalue weighted by atomic mass is 9.90. The van der Waals surface area contributed by atoms with Gasteiger partial charge < -0.3 is 19.5 Å². The van der Waals surface area contributed by atoms with Gasteiger partial charge in [0, 0.05) is 33.8 Å². The van der Waals surface area contributed by atoms with Crippen molar-refractivity contribution in [2.75, 3.05) is 11.9 Å². The standard InChI is InChI=1S/C48H34N4O2/c1-2-11-30(12-3-1)45-50-46(52-47(51-45)38-17-9-21-42-44(38)39-18-10-28-49-48(39)54-42)31-24-22-29(23-25-31)32-26-27-35(34-14-5-4-13-33(32)34)36-16-8-20-41-43(36)37-15-6-7-19-40(37)53-41/h1-27,45-46,49-50H,28H2,(H,51,52). The Morgan fingerprint density at radius 3 is 2.04 bits per heavy atom. The van der Waals surface area contributed by atoms with Gasteiger partial charge >= 0.3 is 0 Å². The van der Waals surface area contributed by atoms with Crippen LogP contribution in [0.3, 0.4) is 0 Å². The Kier molecular flexibility index (Phi) is 7.03. The molecule has 0 amide bonds. The van der Waals surface area contributed by atoms with Gasteiger partial charge in [-0.1, -0.05) is 146 Å². The number of rotatable bonds is 5. The number of benzene rings is 7. The molecule has 0 bridgehead atoms. The molecule has 54 heavy (non-hydrogen) atoms. The molecule has 9 aromatic rings. The minimum absolute atomic E-state index is 0.187. The highest BCUT2D eigenvalue weighted by molar-refractivity contribution is 6.17. The molecular weight excluding hydrogens is 665 g/mol. The molecule has 4 heterocycles. The van der Waals surface area contributed by atoms with Gasteiger partial charge in [-0.15, -0.1) is 0 Å². The van der Waals surface area contributed by atoms with Crippen molar-refractivity contribution < 1.29 is 8.83 Å². The predicted octanol–water partition coefficient (Wildman–Crippen LogP) is 11.6. The molecule has 7 aromatic carbocycles. The van der Waals surface area contributed by atoms with E-state index in [-0.39, 0.29) is 12.3 Å². The van der Waals surface area contributed by atoms with Crippen molar-refractivity contribution in [2.24, 2.45) is 4.99 Å². The summed E-state index contributed by atoms with van der Waals surface area (Å²) >= 11 is 0. The number of fused-ring (bicyclic) bond motifs is 7. The number of para-hydroxylation sites is 1. The largest absolute Gasteiger partial charge is 0.456 e. The fraction of sp³-hybridized carbons (Fsp3) is 0.0625. The molecule has 2 aromatic heterocycles. The van der Waals surface area contributed by atoms with Gasteiger partial charge in [0.15, 0.2) is 0 Å². The zero-order valence-electron chi connectivity index (χ0n) is 29.2. The number of nitrogens with one attached hydrogen (secondary N) is 3. The van der Waals surface area contributed by atoms with Crippen LogP contribution in [0.1, 0.15) is 34.6 Å². The summed E-state index contributed by atoms with van der Waals surface area (Å²) < 4.78 is 12.5. The minimum Gasteiger partial charge on any atom is -0.456 e. The Balaban J connectivity index is 0.975. The Morgan fingerprint density at radius 1 is 0.519 bits per heavy atom. The average Bonchev–Trinajstić information content (AvgIpc) is 3.82. The lowest BCUT2D eigenvalue weighted by Gasteiger charge is -2.32. The van der Waals surface area contributed by atoms with Gasteiger partial charge in [-0.2, -0.15) is 0 Å². The zero-order chi connectivity index (χ0) is 35.6. The van der Waals surface area contributed by atoms with Crippen LogP contribution in [0.15, 0.2) is 172 Å². The first-order valence-corrected chi connectivity index (χ1v) is 18.4. The molecule has 0 aliphatic carbocycles. The van der Waals surface area contributed by atoms with E-state index in [1.54, 1.807) is 0 Å². The summed E-state index contributed by atoms with van der Waals surface area (Å²) in [6.45, 7) is 0.749. The van der Waals surface area contributed by atoms with Crippen LogP contribution in [0.25, 0.3) is 72.0 Å². The normalized spacial score (nSPS) is 16.7. The molecule has 6 nitrogen and oxygen atoms in total. The van der Waals surface area contributed by atoms with Crippen LogP contribution in [0.4, 0.5) is 5.88 Å². The summed E-state index contributed by atoms with van der Waals surface area (Å²) in [6.07, 6.45) is 3.84. The molecule has 2 atom stereocenters. The van der Waals surface area contributed by atoms with Crippen molar-refractivity contribution in [2.45, 2.75) is 12.3 Å². The lowest BCUT2D eigenvalue weighted by Crippen LogP contribution is -2.45. The highest BCUT2D eigenvalue weighted by Gasteiger charge is 2.28. The Bertz CT molecular complexity index is 2960. The number of anilines is 1. The van der Waals surface area contributed by atoms with Crippen LogP contribution >= 0.6 is 0 Å². The quantitative estimate of drug-likeness (QED) is 0.167. The molecule has 2 aliphatic rings. The maximum absolute atomic E-state index is 6.25. The first kappa shape index (κ1) is 30.7. The SMILES string of the molecule is C1=Cc2c(oc3cccc(C4=NC(c5ccccc5)NC(c5ccc(-c6ccc(-c7cccc8oc9ccccc9c78)c7ccccc67)cc5)N4)c23)NC1. The second-order valence-electron chi connectivity index (χ2n) is 13.9. The van der Waals surface area contributed by atoms with E-state index in [1.165, 1.54) is 27.5 Å². The van der Waals surface area contributed by atoms with Crippen molar-refractivity contribution >= 4 is 61.5 Å². The number of nitrogens with zero attached hydrogens (tertiary/aromatic N) is 1. The molecule has 0 saturated carbocycles. The Hall–Kier alpha value is -6.89. The molecule has 11 rings (SSSR count). The van der Waals surface area contributed by atoms with Crippen molar-refractivity contribution in [3.8, 4) is 22.3 Å². The van der Waals surface area contributed by atoms with Gasteiger partial charge in [-0.05, 0) is 62.4 Å². The Morgan fingerprint density at radius 2 is 1.20 bits per heavy atom. The fourth-order valence-electron chi connectivity index (χ4n) is 8.30. The topological polar surface area (TPSA) is 74.7 Å². The van der Waals surface area contributed by atoms with Crippen molar-refractivity contribution in [3.05, 3.63) is 180 Å². The number of hydrogen-bond donors (Lipinski definition) is 3. The highest BCUT2D eigenvalue weighted by Crippen LogP contribution is 2.42. The third kappa shape index (κ3) is 4.95. The highest BCUT2D eigenvalue weighted by atomic mass is 16.4. The van der Waals surface area contributed by atoms with Gasteiger partial charge in [0.2, 0.25) is 5.88 Å².